The van der Waals surface area contributed by atoms with Crippen molar-refractivity contribution in [1.82, 2.24) is 19.8 Å². The number of fused-ring (bicyclic) bond motifs is 3. The number of aromatic nitrogens is 4. The Bertz CT molecular complexity index is 1340. The summed E-state index contributed by atoms with van der Waals surface area (Å²) < 4.78 is 2.76. The Morgan fingerprint density at radius 2 is 1.57 bits per heavy atom. The number of halogens is 1. The summed E-state index contributed by atoms with van der Waals surface area (Å²) in [5.74, 6) is 0.664. The van der Waals surface area contributed by atoms with Gasteiger partial charge in [0, 0.05) is 37.7 Å². The number of anilines is 2. The van der Waals surface area contributed by atoms with E-state index in [1.54, 1.807) is 16.6 Å². The van der Waals surface area contributed by atoms with Gasteiger partial charge in [-0.2, -0.15) is 9.61 Å². The van der Waals surface area contributed by atoms with Crippen LogP contribution >= 0.6 is 15.9 Å². The monoisotopic (exact) mass is 430 g/mol. The zero-order valence-corrected chi connectivity index (χ0v) is 16.3. The predicted molar refractivity (Wildman–Crippen MR) is 116 cm³/mol. The van der Waals surface area contributed by atoms with E-state index in [9.17, 15) is 0 Å². The van der Waals surface area contributed by atoms with Crippen LogP contribution in [0, 0.1) is 0 Å². The van der Waals surface area contributed by atoms with Crippen molar-refractivity contribution in [2.24, 2.45) is 0 Å². The third-order valence-corrected chi connectivity index (χ3v) is 5.23. The molecule has 2 heterocycles. The van der Waals surface area contributed by atoms with Gasteiger partial charge in [0.2, 0.25) is 0 Å². The van der Waals surface area contributed by atoms with E-state index in [4.69, 9.17) is 16.6 Å². The number of rotatable bonds is 2. The molecule has 28 heavy (non-hydrogen) atoms. The summed E-state index contributed by atoms with van der Waals surface area (Å²) in [4.78, 5) is 0. The van der Waals surface area contributed by atoms with Crippen LogP contribution in [0.3, 0.4) is 0 Å². The van der Waals surface area contributed by atoms with Crippen LogP contribution in [-0.2, 0) is 0 Å². The molecule has 0 aliphatic rings. The SMILES string of the molecule is Nc1ccc(N)c(-c2nn3c(-c4ccc(Br)cc4)nnc3c3ccccc23)c1. The van der Waals surface area contributed by atoms with Crippen molar-refractivity contribution >= 4 is 43.7 Å². The van der Waals surface area contributed by atoms with Crippen molar-refractivity contribution < 1.29 is 0 Å². The minimum absolute atomic E-state index is 0.615. The normalized spacial score (nSPS) is 11.3. The standard InChI is InChI=1S/C21H15BrN6/c22-13-7-5-12(6-8-13)20-25-26-21-16-4-2-1-3-15(16)19(27-28(20)21)17-11-14(23)9-10-18(17)24/h1-11H,23-24H2. The molecule has 0 saturated heterocycles. The molecule has 4 N–H and O–H groups in total. The van der Waals surface area contributed by atoms with Crippen molar-refractivity contribution in [3.63, 3.8) is 0 Å². The summed E-state index contributed by atoms with van der Waals surface area (Å²) in [5.41, 5.74) is 16.7. The van der Waals surface area contributed by atoms with E-state index in [0.29, 0.717) is 22.8 Å². The topological polar surface area (TPSA) is 95.1 Å². The minimum atomic E-state index is 0.615. The summed E-state index contributed by atoms with van der Waals surface area (Å²) in [6.07, 6.45) is 0. The van der Waals surface area contributed by atoms with Crippen LogP contribution in [0.2, 0.25) is 0 Å². The molecule has 0 atom stereocenters. The van der Waals surface area contributed by atoms with Gasteiger partial charge in [-0.15, -0.1) is 10.2 Å². The highest BCUT2D eigenvalue weighted by molar-refractivity contribution is 9.10. The molecule has 2 aromatic heterocycles. The average Bonchev–Trinajstić information content (AvgIpc) is 3.14. The van der Waals surface area contributed by atoms with Gasteiger partial charge in [0.1, 0.15) is 5.69 Å². The third-order valence-electron chi connectivity index (χ3n) is 4.70. The summed E-state index contributed by atoms with van der Waals surface area (Å²) in [5, 5.41) is 15.6. The molecule has 0 amide bonds. The third kappa shape index (κ3) is 2.59. The fourth-order valence-corrected chi connectivity index (χ4v) is 3.60. The molecule has 3 aromatic carbocycles. The van der Waals surface area contributed by atoms with Gasteiger partial charge in [-0.25, -0.2) is 0 Å². The number of nitrogens with zero attached hydrogens (tertiary/aromatic N) is 4. The lowest BCUT2D eigenvalue weighted by Crippen LogP contribution is -2.01. The lowest BCUT2D eigenvalue weighted by atomic mass is 10.0. The van der Waals surface area contributed by atoms with Gasteiger partial charge in [-0.05, 0) is 30.3 Å². The van der Waals surface area contributed by atoms with E-state index < -0.39 is 0 Å². The number of benzene rings is 3. The molecule has 5 aromatic rings. The molecule has 136 valence electrons. The van der Waals surface area contributed by atoms with Crippen LogP contribution in [0.25, 0.3) is 39.1 Å². The fraction of sp³-hybridized carbons (Fsp3) is 0. The molecule has 0 aliphatic heterocycles. The second-order valence-electron chi connectivity index (χ2n) is 6.51. The van der Waals surface area contributed by atoms with Gasteiger partial charge in [-0.1, -0.05) is 52.3 Å². The largest absolute Gasteiger partial charge is 0.399 e. The predicted octanol–water partition coefficient (Wildman–Crippen LogP) is 4.54. The first-order valence-corrected chi connectivity index (χ1v) is 9.46. The van der Waals surface area contributed by atoms with Crippen molar-refractivity contribution in [3.05, 3.63) is 71.2 Å². The Labute approximate surface area is 168 Å². The summed E-state index contributed by atoms with van der Waals surface area (Å²) in [7, 11) is 0. The summed E-state index contributed by atoms with van der Waals surface area (Å²) in [6, 6.07) is 21.3. The van der Waals surface area contributed by atoms with Crippen LogP contribution in [0.5, 0.6) is 0 Å². The summed E-state index contributed by atoms with van der Waals surface area (Å²) in [6.45, 7) is 0. The second-order valence-corrected chi connectivity index (χ2v) is 7.42. The van der Waals surface area contributed by atoms with Crippen LogP contribution in [0.4, 0.5) is 11.4 Å². The van der Waals surface area contributed by atoms with E-state index >= 15 is 0 Å². The Kier molecular flexibility index (Phi) is 3.77. The molecular weight excluding hydrogens is 416 g/mol. The maximum atomic E-state index is 6.26. The Hall–Kier alpha value is -3.45. The maximum Gasteiger partial charge on any atom is 0.186 e. The maximum absolute atomic E-state index is 6.26. The molecule has 0 unspecified atom stereocenters. The van der Waals surface area contributed by atoms with Crippen molar-refractivity contribution in [2.75, 3.05) is 11.5 Å². The smallest absolute Gasteiger partial charge is 0.186 e. The Balaban J connectivity index is 1.88. The Morgan fingerprint density at radius 1 is 0.821 bits per heavy atom. The quantitative estimate of drug-likeness (QED) is 0.400. The van der Waals surface area contributed by atoms with Gasteiger partial charge >= 0.3 is 0 Å². The van der Waals surface area contributed by atoms with E-state index in [1.807, 2.05) is 54.6 Å². The van der Waals surface area contributed by atoms with E-state index in [1.165, 1.54) is 0 Å². The van der Waals surface area contributed by atoms with Crippen LogP contribution in [0.1, 0.15) is 0 Å². The molecular formula is C21H15BrN6. The number of nitrogen functional groups attached to an aromatic ring is 2. The average molecular weight is 431 g/mol. The lowest BCUT2D eigenvalue weighted by Gasteiger charge is -2.11. The molecule has 6 nitrogen and oxygen atoms in total. The fourth-order valence-electron chi connectivity index (χ4n) is 3.34. The first-order chi connectivity index (χ1) is 13.6. The van der Waals surface area contributed by atoms with E-state index in [-0.39, 0.29) is 0 Å². The van der Waals surface area contributed by atoms with E-state index in [2.05, 4.69) is 26.1 Å². The molecule has 0 aliphatic carbocycles. The van der Waals surface area contributed by atoms with Crippen LogP contribution in [0.15, 0.2) is 71.2 Å². The number of hydrogen-bond acceptors (Lipinski definition) is 5. The van der Waals surface area contributed by atoms with Crippen molar-refractivity contribution in [1.29, 1.82) is 0 Å². The highest BCUT2D eigenvalue weighted by Crippen LogP contribution is 2.34. The zero-order valence-electron chi connectivity index (χ0n) is 14.7. The number of nitrogens with two attached hydrogens (primary N) is 2. The Morgan fingerprint density at radius 3 is 2.36 bits per heavy atom. The molecule has 0 fully saturated rings. The molecule has 0 spiro atoms. The second kappa shape index (κ2) is 6.31. The van der Waals surface area contributed by atoms with Gasteiger partial charge in [-0.3, -0.25) is 0 Å². The van der Waals surface area contributed by atoms with Gasteiger partial charge in [0.05, 0.1) is 0 Å². The summed E-state index contributed by atoms with van der Waals surface area (Å²) >= 11 is 3.46. The van der Waals surface area contributed by atoms with Gasteiger partial charge in [0.25, 0.3) is 0 Å². The minimum Gasteiger partial charge on any atom is -0.399 e. The van der Waals surface area contributed by atoms with Gasteiger partial charge in [0.15, 0.2) is 11.5 Å². The van der Waals surface area contributed by atoms with Crippen molar-refractivity contribution in [2.45, 2.75) is 0 Å². The van der Waals surface area contributed by atoms with Crippen molar-refractivity contribution in [3.8, 4) is 22.6 Å². The molecule has 0 bridgehead atoms. The number of hydrogen-bond donors (Lipinski definition) is 2. The first-order valence-electron chi connectivity index (χ1n) is 8.67. The highest BCUT2D eigenvalue weighted by atomic mass is 79.9. The molecule has 0 radical (unpaired) electrons. The zero-order chi connectivity index (χ0) is 19.3. The highest BCUT2D eigenvalue weighted by Gasteiger charge is 2.17. The van der Waals surface area contributed by atoms with Crippen LogP contribution < -0.4 is 11.5 Å². The first kappa shape index (κ1) is 16.7. The molecule has 0 saturated carbocycles. The molecule has 7 heteroatoms. The van der Waals surface area contributed by atoms with E-state index in [0.717, 1.165) is 32.1 Å². The molecule has 5 rings (SSSR count). The van der Waals surface area contributed by atoms with Crippen LogP contribution in [-0.4, -0.2) is 19.8 Å². The lowest BCUT2D eigenvalue weighted by molar-refractivity contribution is 0.952. The van der Waals surface area contributed by atoms with Gasteiger partial charge < -0.3 is 11.5 Å².